The van der Waals surface area contributed by atoms with Gasteiger partial charge in [0, 0.05) is 42.0 Å². The van der Waals surface area contributed by atoms with E-state index < -0.39 is 5.82 Å². The molecule has 1 aromatic carbocycles. The third-order valence-electron chi connectivity index (χ3n) is 4.91. The van der Waals surface area contributed by atoms with Gasteiger partial charge in [0.05, 0.1) is 30.9 Å². The molecule has 1 N–H and O–H groups in total. The van der Waals surface area contributed by atoms with Crippen molar-refractivity contribution < 1.29 is 13.9 Å². The van der Waals surface area contributed by atoms with E-state index in [0.29, 0.717) is 16.9 Å². The van der Waals surface area contributed by atoms with Crippen molar-refractivity contribution in [2.24, 2.45) is 0 Å². The van der Waals surface area contributed by atoms with Gasteiger partial charge in [0.1, 0.15) is 0 Å². The predicted octanol–water partition coefficient (Wildman–Crippen LogP) is 3.73. The molecule has 0 radical (unpaired) electrons. The minimum absolute atomic E-state index is 0.177. The van der Waals surface area contributed by atoms with E-state index in [-0.39, 0.29) is 5.75 Å². The number of morpholine rings is 1. The zero-order valence-electron chi connectivity index (χ0n) is 15.7. The van der Waals surface area contributed by atoms with Crippen molar-refractivity contribution in [2.75, 3.05) is 38.3 Å². The number of anilines is 1. The van der Waals surface area contributed by atoms with Gasteiger partial charge >= 0.3 is 0 Å². The van der Waals surface area contributed by atoms with E-state index in [4.69, 9.17) is 9.47 Å². The van der Waals surface area contributed by atoms with Crippen LogP contribution in [0.3, 0.4) is 0 Å². The lowest BCUT2D eigenvalue weighted by Gasteiger charge is -2.25. The second kappa shape index (κ2) is 7.41. The van der Waals surface area contributed by atoms with Crippen molar-refractivity contribution in [2.45, 2.75) is 0 Å². The molecular formula is C20H18FN5O2S. The number of H-pyrrole nitrogens is 1. The van der Waals surface area contributed by atoms with Gasteiger partial charge in [-0.1, -0.05) is 17.4 Å². The summed E-state index contributed by atoms with van der Waals surface area (Å²) in [5.41, 5.74) is 2.77. The summed E-state index contributed by atoms with van der Waals surface area (Å²) >= 11 is 1.62. The molecule has 0 aliphatic carbocycles. The van der Waals surface area contributed by atoms with Crippen molar-refractivity contribution in [1.29, 1.82) is 0 Å². The number of benzene rings is 1. The first kappa shape index (κ1) is 18.0. The van der Waals surface area contributed by atoms with E-state index in [9.17, 15) is 4.39 Å². The molecule has 1 aliphatic heterocycles. The second-order valence-corrected chi connectivity index (χ2v) is 7.63. The largest absolute Gasteiger partial charge is 0.493 e. The smallest absolute Gasteiger partial charge is 0.186 e. The summed E-state index contributed by atoms with van der Waals surface area (Å²) in [6, 6.07) is 6.82. The summed E-state index contributed by atoms with van der Waals surface area (Å²) in [4.78, 5) is 12.3. The predicted molar refractivity (Wildman–Crippen MR) is 110 cm³/mol. The number of rotatable bonds is 4. The number of aromatic nitrogens is 4. The molecule has 4 heterocycles. The molecule has 1 saturated heterocycles. The molecule has 0 amide bonds. The van der Waals surface area contributed by atoms with Gasteiger partial charge in [-0.2, -0.15) is 5.10 Å². The fourth-order valence-corrected chi connectivity index (χ4v) is 4.40. The van der Waals surface area contributed by atoms with E-state index in [2.05, 4.69) is 25.1 Å². The van der Waals surface area contributed by atoms with E-state index in [1.807, 2.05) is 12.3 Å². The topological polar surface area (TPSA) is 76.2 Å². The molecule has 3 aromatic heterocycles. The third-order valence-corrected chi connectivity index (χ3v) is 6.02. The Bertz CT molecular complexity index is 1170. The van der Waals surface area contributed by atoms with Crippen molar-refractivity contribution in [3.8, 4) is 27.4 Å². The number of ether oxygens (including phenoxy) is 2. The molecule has 0 bridgehead atoms. The lowest BCUT2D eigenvalue weighted by Crippen LogP contribution is -2.36. The Morgan fingerprint density at radius 1 is 1.21 bits per heavy atom. The Labute approximate surface area is 170 Å². The molecule has 0 atom stereocenters. The van der Waals surface area contributed by atoms with Crippen molar-refractivity contribution in [3.05, 3.63) is 42.5 Å². The number of hydrogen-bond donors (Lipinski definition) is 1. The quantitative estimate of drug-likeness (QED) is 0.551. The van der Waals surface area contributed by atoms with Gasteiger partial charge in [-0.3, -0.25) is 5.10 Å². The number of thiazole rings is 1. The lowest BCUT2D eigenvalue weighted by atomic mass is 10.1. The molecule has 29 heavy (non-hydrogen) atoms. The Morgan fingerprint density at radius 3 is 2.90 bits per heavy atom. The molecule has 5 rings (SSSR count). The van der Waals surface area contributed by atoms with Gasteiger partial charge in [-0.15, -0.1) is 0 Å². The molecule has 0 saturated carbocycles. The maximum atomic E-state index is 14.2. The number of pyridine rings is 1. The Hall–Kier alpha value is -3.04. The fourth-order valence-electron chi connectivity index (χ4n) is 3.45. The van der Waals surface area contributed by atoms with Crippen LogP contribution in [0.15, 0.2) is 36.7 Å². The highest BCUT2D eigenvalue weighted by Gasteiger charge is 2.18. The second-order valence-electron chi connectivity index (χ2n) is 6.62. The van der Waals surface area contributed by atoms with Gasteiger partial charge in [-0.05, 0) is 18.2 Å². The fraction of sp³-hybridized carbons (Fsp3) is 0.250. The summed E-state index contributed by atoms with van der Waals surface area (Å²) in [7, 11) is 1.45. The van der Waals surface area contributed by atoms with Gasteiger partial charge in [0.25, 0.3) is 0 Å². The first-order valence-electron chi connectivity index (χ1n) is 9.20. The standard InChI is InChI=1S/C20H18FN5O2S/c1-27-18-13(3-2-4-15(18)21)17-14-9-12(10-22-19(14)25-24-17)16-11-23-20(29-16)26-5-7-28-8-6-26/h2-4,9-11H,5-8H2,1H3,(H,22,24,25). The summed E-state index contributed by atoms with van der Waals surface area (Å²) in [6.45, 7) is 3.12. The van der Waals surface area contributed by atoms with Gasteiger partial charge in [0.2, 0.25) is 0 Å². The van der Waals surface area contributed by atoms with Crippen LogP contribution in [0.1, 0.15) is 0 Å². The molecule has 7 nitrogen and oxygen atoms in total. The zero-order chi connectivity index (χ0) is 19.8. The van der Waals surface area contributed by atoms with Crippen LogP contribution in [0.2, 0.25) is 0 Å². The molecule has 4 aromatic rings. The van der Waals surface area contributed by atoms with Gasteiger partial charge in [0.15, 0.2) is 22.3 Å². The number of nitrogens with zero attached hydrogens (tertiary/aromatic N) is 4. The number of methoxy groups -OCH3 is 1. The van der Waals surface area contributed by atoms with Gasteiger partial charge in [-0.25, -0.2) is 14.4 Å². The summed E-state index contributed by atoms with van der Waals surface area (Å²) < 4.78 is 24.9. The average Bonchev–Trinajstić information content (AvgIpc) is 3.41. The molecule has 0 spiro atoms. The molecule has 148 valence electrons. The Morgan fingerprint density at radius 2 is 2.07 bits per heavy atom. The van der Waals surface area contributed by atoms with Crippen molar-refractivity contribution >= 4 is 27.5 Å². The van der Waals surface area contributed by atoms with E-state index in [1.54, 1.807) is 29.7 Å². The van der Waals surface area contributed by atoms with Crippen LogP contribution in [-0.4, -0.2) is 53.6 Å². The minimum Gasteiger partial charge on any atom is -0.493 e. The van der Waals surface area contributed by atoms with Crippen LogP contribution in [0.4, 0.5) is 9.52 Å². The maximum Gasteiger partial charge on any atom is 0.186 e. The highest BCUT2D eigenvalue weighted by Crippen LogP contribution is 2.37. The normalized spacial score (nSPS) is 14.5. The highest BCUT2D eigenvalue weighted by molar-refractivity contribution is 7.18. The zero-order valence-corrected chi connectivity index (χ0v) is 16.5. The number of para-hydroxylation sites is 1. The van der Waals surface area contributed by atoms with Crippen LogP contribution in [0.5, 0.6) is 5.75 Å². The molecule has 1 aliphatic rings. The van der Waals surface area contributed by atoms with E-state index >= 15 is 0 Å². The van der Waals surface area contributed by atoms with Crippen LogP contribution in [0, 0.1) is 5.82 Å². The molecule has 9 heteroatoms. The van der Waals surface area contributed by atoms with Crippen molar-refractivity contribution in [1.82, 2.24) is 20.2 Å². The minimum atomic E-state index is -0.422. The maximum absolute atomic E-state index is 14.2. The highest BCUT2D eigenvalue weighted by atomic mass is 32.1. The Balaban J connectivity index is 1.55. The van der Waals surface area contributed by atoms with Crippen molar-refractivity contribution in [3.63, 3.8) is 0 Å². The SMILES string of the molecule is COc1c(F)cccc1-c1[nH]nc2ncc(-c3cnc(N4CCOCC4)s3)cc12. The van der Waals surface area contributed by atoms with Crippen LogP contribution < -0.4 is 9.64 Å². The third kappa shape index (κ3) is 3.22. The summed E-state index contributed by atoms with van der Waals surface area (Å²) in [5.74, 6) is -0.245. The number of fused-ring (bicyclic) bond motifs is 1. The lowest BCUT2D eigenvalue weighted by molar-refractivity contribution is 0.122. The first-order valence-corrected chi connectivity index (χ1v) is 10.0. The monoisotopic (exact) mass is 411 g/mol. The number of nitrogens with one attached hydrogen (secondary N) is 1. The van der Waals surface area contributed by atoms with E-state index in [0.717, 1.165) is 47.3 Å². The van der Waals surface area contributed by atoms with Gasteiger partial charge < -0.3 is 14.4 Å². The van der Waals surface area contributed by atoms with Crippen LogP contribution in [-0.2, 0) is 4.74 Å². The van der Waals surface area contributed by atoms with Crippen LogP contribution in [0.25, 0.3) is 32.7 Å². The molecular weight excluding hydrogens is 393 g/mol. The Kier molecular flexibility index (Phi) is 4.61. The molecule has 1 fully saturated rings. The summed E-state index contributed by atoms with van der Waals surface area (Å²) in [5, 5.41) is 9.01. The average molecular weight is 411 g/mol. The number of aromatic amines is 1. The van der Waals surface area contributed by atoms with E-state index in [1.165, 1.54) is 13.2 Å². The number of hydrogen-bond acceptors (Lipinski definition) is 7. The molecule has 0 unspecified atom stereocenters. The first-order chi connectivity index (χ1) is 14.2. The summed E-state index contributed by atoms with van der Waals surface area (Å²) in [6.07, 6.45) is 3.65. The van der Waals surface area contributed by atoms with Crippen LogP contribution >= 0.6 is 11.3 Å². The number of halogens is 1.